The fourth-order valence-corrected chi connectivity index (χ4v) is 1.28. The van der Waals surface area contributed by atoms with Crippen LogP contribution in [0.3, 0.4) is 0 Å². The van der Waals surface area contributed by atoms with Crippen molar-refractivity contribution in [2.45, 2.75) is 0 Å². The first-order chi connectivity index (χ1) is 7.68. The van der Waals surface area contributed by atoms with Crippen LogP contribution < -0.4 is 4.74 Å². The van der Waals surface area contributed by atoms with Gasteiger partial charge in [-0.2, -0.15) is 0 Å². The molecule has 0 spiro atoms. The molecule has 3 heteroatoms. The molecule has 0 atom stereocenters. The van der Waals surface area contributed by atoms with Gasteiger partial charge in [-0.05, 0) is 30.7 Å². The lowest BCUT2D eigenvalue weighted by atomic mass is 10.2. The van der Waals surface area contributed by atoms with Gasteiger partial charge in [0.1, 0.15) is 0 Å². The third-order valence-corrected chi connectivity index (χ3v) is 2.10. The van der Waals surface area contributed by atoms with E-state index in [0.29, 0.717) is 0 Å². The summed E-state index contributed by atoms with van der Waals surface area (Å²) in [5.41, 5.74) is 0.217. The van der Waals surface area contributed by atoms with E-state index in [1.54, 1.807) is 12.1 Å². The highest BCUT2D eigenvalue weighted by atomic mass is 19.1. The number of hydrogen-bond acceptors (Lipinski definition) is 1. The molecule has 1 radical (unpaired) electrons. The molecule has 0 aliphatic carbocycles. The molecule has 0 amide bonds. The van der Waals surface area contributed by atoms with E-state index in [9.17, 15) is 8.78 Å². The van der Waals surface area contributed by atoms with Crippen molar-refractivity contribution < 1.29 is 13.5 Å². The summed E-state index contributed by atoms with van der Waals surface area (Å²) in [7, 11) is 0. The van der Waals surface area contributed by atoms with Gasteiger partial charge in [0.15, 0.2) is 23.1 Å². The zero-order valence-electron chi connectivity index (χ0n) is 8.41. The van der Waals surface area contributed by atoms with Gasteiger partial charge >= 0.3 is 0 Å². The second kappa shape index (κ2) is 4.31. The van der Waals surface area contributed by atoms with Gasteiger partial charge in [-0.1, -0.05) is 24.3 Å². The quantitative estimate of drug-likeness (QED) is 0.743. The van der Waals surface area contributed by atoms with Gasteiger partial charge in [-0.15, -0.1) is 0 Å². The van der Waals surface area contributed by atoms with Crippen molar-refractivity contribution in [3.63, 3.8) is 0 Å². The van der Waals surface area contributed by atoms with Crippen LogP contribution in [0.5, 0.6) is 11.5 Å². The van der Waals surface area contributed by atoms with Crippen molar-refractivity contribution in [1.82, 2.24) is 0 Å². The summed E-state index contributed by atoms with van der Waals surface area (Å²) in [6.07, 6.45) is 0. The average molecular weight is 219 g/mol. The van der Waals surface area contributed by atoms with Gasteiger partial charge in [0, 0.05) is 0 Å². The number of ether oxygens (including phenoxy) is 1. The molecule has 0 fully saturated rings. The van der Waals surface area contributed by atoms with Gasteiger partial charge in [0.05, 0.1) is 0 Å². The molecule has 16 heavy (non-hydrogen) atoms. The Morgan fingerprint density at radius 1 is 0.875 bits per heavy atom. The minimum Gasteiger partial charge on any atom is -0.451 e. The number of halogens is 2. The van der Waals surface area contributed by atoms with Gasteiger partial charge in [-0.25, -0.2) is 8.78 Å². The molecule has 0 heterocycles. The van der Waals surface area contributed by atoms with Crippen molar-refractivity contribution in [3.8, 4) is 11.5 Å². The van der Waals surface area contributed by atoms with Crippen LogP contribution in [-0.2, 0) is 0 Å². The van der Waals surface area contributed by atoms with Crippen molar-refractivity contribution in [1.29, 1.82) is 0 Å². The fraction of sp³-hybridized carbons (Fsp3) is 0. The summed E-state index contributed by atoms with van der Waals surface area (Å²) < 4.78 is 31.9. The highest BCUT2D eigenvalue weighted by molar-refractivity contribution is 5.37. The maximum Gasteiger partial charge on any atom is 0.168 e. The molecule has 2 aromatic carbocycles. The SMILES string of the molecule is [CH2]c1cccc(Oc2ccccc2F)c1F. The summed E-state index contributed by atoms with van der Waals surface area (Å²) >= 11 is 0. The maximum absolute atomic E-state index is 13.5. The predicted octanol–water partition coefficient (Wildman–Crippen LogP) is 3.94. The first kappa shape index (κ1) is 10.6. The summed E-state index contributed by atoms with van der Waals surface area (Å²) in [5, 5.41) is 0. The zero-order chi connectivity index (χ0) is 11.5. The number of hydrogen-bond donors (Lipinski definition) is 0. The van der Waals surface area contributed by atoms with Crippen LogP contribution in [0.25, 0.3) is 0 Å². The largest absolute Gasteiger partial charge is 0.451 e. The minimum absolute atomic E-state index is 0.00741. The first-order valence-electron chi connectivity index (χ1n) is 4.71. The van der Waals surface area contributed by atoms with Crippen LogP contribution >= 0.6 is 0 Å². The van der Waals surface area contributed by atoms with Crippen molar-refractivity contribution in [2.75, 3.05) is 0 Å². The predicted molar refractivity (Wildman–Crippen MR) is 57.3 cm³/mol. The molecule has 0 saturated heterocycles. The van der Waals surface area contributed by atoms with Crippen LogP contribution in [0.4, 0.5) is 8.78 Å². The zero-order valence-corrected chi connectivity index (χ0v) is 8.41. The van der Waals surface area contributed by atoms with Gasteiger partial charge < -0.3 is 4.74 Å². The molecule has 0 aliphatic heterocycles. The van der Waals surface area contributed by atoms with Crippen LogP contribution in [0.2, 0.25) is 0 Å². The molecule has 0 aliphatic rings. The van der Waals surface area contributed by atoms with Crippen molar-refractivity contribution >= 4 is 0 Å². The van der Waals surface area contributed by atoms with E-state index in [4.69, 9.17) is 4.74 Å². The third-order valence-electron chi connectivity index (χ3n) is 2.10. The Balaban J connectivity index is 2.35. The summed E-state index contributed by atoms with van der Waals surface area (Å²) in [4.78, 5) is 0. The molecular formula is C13H9F2O. The highest BCUT2D eigenvalue weighted by Gasteiger charge is 2.09. The monoisotopic (exact) mass is 219 g/mol. The molecule has 0 N–H and O–H groups in total. The number of rotatable bonds is 2. The van der Waals surface area contributed by atoms with Crippen LogP contribution in [-0.4, -0.2) is 0 Å². The van der Waals surface area contributed by atoms with E-state index in [1.807, 2.05) is 0 Å². The van der Waals surface area contributed by atoms with Crippen LogP contribution in [0.1, 0.15) is 5.56 Å². The van der Waals surface area contributed by atoms with Crippen LogP contribution in [0.15, 0.2) is 42.5 Å². The fourth-order valence-electron chi connectivity index (χ4n) is 1.28. The highest BCUT2D eigenvalue weighted by Crippen LogP contribution is 2.27. The molecule has 0 unspecified atom stereocenters. The minimum atomic E-state index is -0.578. The topological polar surface area (TPSA) is 9.23 Å². The normalized spacial score (nSPS) is 10.2. The number of benzene rings is 2. The third kappa shape index (κ3) is 2.03. The Kier molecular flexibility index (Phi) is 2.86. The standard InChI is InChI=1S/C13H9F2O/c1-9-5-4-8-12(13(9)15)16-11-7-3-2-6-10(11)14/h2-8H,1H2. The molecule has 2 rings (SSSR count). The first-order valence-corrected chi connectivity index (χ1v) is 4.71. The van der Waals surface area contributed by atoms with Crippen molar-refractivity contribution in [3.05, 3.63) is 66.6 Å². The summed E-state index contributed by atoms with van der Waals surface area (Å²) in [6.45, 7) is 3.50. The number of para-hydroxylation sites is 1. The molecule has 2 aromatic rings. The average Bonchev–Trinajstić information content (AvgIpc) is 2.28. The Labute approximate surface area is 92.3 Å². The second-order valence-electron chi connectivity index (χ2n) is 3.26. The van der Waals surface area contributed by atoms with Gasteiger partial charge in [-0.3, -0.25) is 0 Å². The molecule has 0 aromatic heterocycles. The maximum atomic E-state index is 13.5. The van der Waals surface area contributed by atoms with E-state index < -0.39 is 11.6 Å². The molecule has 0 bridgehead atoms. The Hall–Kier alpha value is -1.90. The summed E-state index contributed by atoms with van der Waals surface area (Å²) in [5.74, 6) is -1.15. The lowest BCUT2D eigenvalue weighted by molar-refractivity contribution is 0.414. The van der Waals surface area contributed by atoms with Gasteiger partial charge in [0.25, 0.3) is 0 Å². The van der Waals surface area contributed by atoms with E-state index in [0.717, 1.165) is 0 Å². The Morgan fingerprint density at radius 3 is 2.31 bits per heavy atom. The second-order valence-corrected chi connectivity index (χ2v) is 3.26. The lowest BCUT2D eigenvalue weighted by Crippen LogP contribution is -1.92. The molecule has 1 nitrogen and oxygen atoms in total. The Bertz CT molecular complexity index is 509. The molecular weight excluding hydrogens is 210 g/mol. The molecule has 0 saturated carbocycles. The van der Waals surface area contributed by atoms with Gasteiger partial charge in [0.2, 0.25) is 0 Å². The lowest BCUT2D eigenvalue weighted by Gasteiger charge is -2.08. The molecule has 81 valence electrons. The summed E-state index contributed by atoms with van der Waals surface area (Å²) in [6, 6.07) is 10.4. The van der Waals surface area contributed by atoms with E-state index in [2.05, 4.69) is 6.92 Å². The smallest absolute Gasteiger partial charge is 0.168 e. The van der Waals surface area contributed by atoms with Crippen molar-refractivity contribution in [2.24, 2.45) is 0 Å². The van der Waals surface area contributed by atoms with Crippen LogP contribution in [0, 0.1) is 18.6 Å². The Morgan fingerprint density at radius 2 is 1.56 bits per heavy atom. The van der Waals surface area contributed by atoms with E-state index >= 15 is 0 Å². The van der Waals surface area contributed by atoms with E-state index in [-0.39, 0.29) is 17.1 Å². The van der Waals surface area contributed by atoms with E-state index in [1.165, 1.54) is 30.3 Å².